The number of aryl methyl sites for hydroxylation is 2. The van der Waals surface area contributed by atoms with Crippen molar-refractivity contribution in [3.05, 3.63) is 119 Å². The fraction of sp³-hybridized carbons (Fsp3) is 0.250. The summed E-state index contributed by atoms with van der Waals surface area (Å²) < 4.78 is 23.6. The second kappa shape index (κ2) is 13.2. The molecule has 4 heteroatoms. The van der Waals surface area contributed by atoms with Gasteiger partial charge in [0.1, 0.15) is 36.2 Å². The summed E-state index contributed by atoms with van der Waals surface area (Å²) in [6, 6.07) is 32.7. The molecule has 0 aliphatic rings. The Kier molecular flexibility index (Phi) is 9.26. The lowest BCUT2D eigenvalue weighted by Crippen LogP contribution is -2.02. The highest BCUT2D eigenvalue weighted by Gasteiger charge is 2.10. The molecule has 0 heterocycles. The van der Waals surface area contributed by atoms with Crippen molar-refractivity contribution in [3.63, 3.8) is 0 Å². The lowest BCUT2D eigenvalue weighted by Gasteiger charge is -2.15. The van der Waals surface area contributed by atoms with Gasteiger partial charge in [-0.2, -0.15) is 0 Å². The first-order valence-electron chi connectivity index (χ1n) is 12.5. The zero-order chi connectivity index (χ0) is 25.0. The van der Waals surface area contributed by atoms with Crippen LogP contribution in [0.3, 0.4) is 0 Å². The Hall–Kier alpha value is -3.92. The molecule has 0 aliphatic heterocycles. The minimum absolute atomic E-state index is 0.517. The van der Waals surface area contributed by atoms with E-state index in [1.54, 1.807) is 7.11 Å². The van der Waals surface area contributed by atoms with E-state index >= 15 is 0 Å². The van der Waals surface area contributed by atoms with Crippen LogP contribution in [-0.4, -0.2) is 13.7 Å². The first-order valence-corrected chi connectivity index (χ1v) is 12.5. The number of hydrogen-bond acceptors (Lipinski definition) is 4. The number of hydrogen-bond donors (Lipinski definition) is 0. The summed E-state index contributed by atoms with van der Waals surface area (Å²) in [5.41, 5.74) is 4.62. The van der Waals surface area contributed by atoms with Crippen LogP contribution in [0.4, 0.5) is 0 Å². The SMILES string of the molecule is CCOc1ccc(CCCc2ccc(OCc3ccccc3)cc2OCc2ccccc2)c(OC)c1. The van der Waals surface area contributed by atoms with Gasteiger partial charge in [-0.1, -0.05) is 72.8 Å². The van der Waals surface area contributed by atoms with E-state index in [-0.39, 0.29) is 0 Å². The molecule has 4 nitrogen and oxygen atoms in total. The van der Waals surface area contributed by atoms with Crippen molar-refractivity contribution in [3.8, 4) is 23.0 Å². The summed E-state index contributed by atoms with van der Waals surface area (Å²) >= 11 is 0. The maximum absolute atomic E-state index is 6.28. The van der Waals surface area contributed by atoms with Crippen molar-refractivity contribution in [2.45, 2.75) is 39.4 Å². The van der Waals surface area contributed by atoms with Crippen molar-refractivity contribution in [2.75, 3.05) is 13.7 Å². The zero-order valence-electron chi connectivity index (χ0n) is 21.1. The Morgan fingerprint density at radius 1 is 0.556 bits per heavy atom. The standard InChI is InChI=1S/C32H34O4/c1-3-34-29-19-17-27(31(21-29)33-2)15-10-16-28-18-20-30(35-23-25-11-6-4-7-12-25)22-32(28)36-24-26-13-8-5-9-14-26/h4-9,11-14,17-22H,3,10,15-16,23-24H2,1-2H3. The third kappa shape index (κ3) is 7.29. The van der Waals surface area contributed by atoms with Gasteiger partial charge in [0, 0.05) is 12.1 Å². The number of rotatable bonds is 13. The molecule has 0 saturated heterocycles. The maximum atomic E-state index is 6.28. The summed E-state index contributed by atoms with van der Waals surface area (Å²) in [5.74, 6) is 3.37. The van der Waals surface area contributed by atoms with Gasteiger partial charge in [-0.15, -0.1) is 0 Å². The van der Waals surface area contributed by atoms with E-state index in [1.807, 2.05) is 67.6 Å². The smallest absolute Gasteiger partial charge is 0.126 e. The van der Waals surface area contributed by atoms with Crippen LogP contribution in [-0.2, 0) is 26.1 Å². The third-order valence-electron chi connectivity index (χ3n) is 5.99. The molecule has 4 aromatic rings. The van der Waals surface area contributed by atoms with E-state index in [2.05, 4.69) is 36.4 Å². The lowest BCUT2D eigenvalue weighted by molar-refractivity contribution is 0.287. The normalized spacial score (nSPS) is 10.6. The Labute approximate surface area is 214 Å². The van der Waals surface area contributed by atoms with Crippen molar-refractivity contribution in [2.24, 2.45) is 0 Å². The van der Waals surface area contributed by atoms with Crippen molar-refractivity contribution in [1.82, 2.24) is 0 Å². The minimum Gasteiger partial charge on any atom is -0.496 e. The summed E-state index contributed by atoms with van der Waals surface area (Å²) in [6.45, 7) is 3.66. The predicted octanol–water partition coefficient (Wildman–Crippen LogP) is 7.43. The van der Waals surface area contributed by atoms with Crippen molar-refractivity contribution in [1.29, 1.82) is 0 Å². The van der Waals surface area contributed by atoms with Crippen molar-refractivity contribution >= 4 is 0 Å². The van der Waals surface area contributed by atoms with Gasteiger partial charge in [-0.25, -0.2) is 0 Å². The molecule has 0 radical (unpaired) electrons. The molecule has 0 aromatic heterocycles. The van der Waals surface area contributed by atoms with Crippen LogP contribution in [0.5, 0.6) is 23.0 Å². The highest BCUT2D eigenvalue weighted by molar-refractivity contribution is 5.43. The van der Waals surface area contributed by atoms with E-state index in [0.717, 1.165) is 53.4 Å². The topological polar surface area (TPSA) is 36.9 Å². The van der Waals surface area contributed by atoms with E-state index in [4.69, 9.17) is 18.9 Å². The molecule has 0 saturated carbocycles. The number of methoxy groups -OCH3 is 1. The van der Waals surface area contributed by atoms with Gasteiger partial charge < -0.3 is 18.9 Å². The maximum Gasteiger partial charge on any atom is 0.126 e. The second-order valence-electron chi connectivity index (χ2n) is 8.58. The largest absolute Gasteiger partial charge is 0.496 e. The highest BCUT2D eigenvalue weighted by Crippen LogP contribution is 2.30. The molecule has 0 bridgehead atoms. The van der Waals surface area contributed by atoms with E-state index < -0.39 is 0 Å². The van der Waals surface area contributed by atoms with Gasteiger partial charge in [-0.05, 0) is 60.6 Å². The van der Waals surface area contributed by atoms with Gasteiger partial charge in [-0.3, -0.25) is 0 Å². The lowest BCUT2D eigenvalue weighted by atomic mass is 10.0. The van der Waals surface area contributed by atoms with Crippen molar-refractivity contribution < 1.29 is 18.9 Å². The summed E-state index contributed by atoms with van der Waals surface area (Å²) in [6.07, 6.45) is 2.76. The third-order valence-corrected chi connectivity index (χ3v) is 5.99. The fourth-order valence-corrected chi connectivity index (χ4v) is 4.10. The van der Waals surface area contributed by atoms with Gasteiger partial charge in [0.15, 0.2) is 0 Å². The van der Waals surface area contributed by atoms with Crippen LogP contribution >= 0.6 is 0 Å². The quantitative estimate of drug-likeness (QED) is 0.199. The zero-order valence-corrected chi connectivity index (χ0v) is 21.1. The van der Waals surface area contributed by atoms with Crippen LogP contribution in [0.1, 0.15) is 35.6 Å². The molecule has 0 N–H and O–H groups in total. The Morgan fingerprint density at radius 3 is 1.67 bits per heavy atom. The summed E-state index contributed by atoms with van der Waals surface area (Å²) in [5, 5.41) is 0. The Morgan fingerprint density at radius 2 is 1.08 bits per heavy atom. The van der Waals surface area contributed by atoms with Crippen LogP contribution in [0, 0.1) is 0 Å². The Bertz CT molecular complexity index is 1210. The second-order valence-corrected chi connectivity index (χ2v) is 8.58. The molecular formula is C32H34O4. The molecule has 0 fully saturated rings. The number of benzene rings is 4. The Balaban J connectivity index is 1.44. The molecule has 4 aromatic carbocycles. The average Bonchev–Trinajstić information content (AvgIpc) is 2.93. The molecule has 0 amide bonds. The summed E-state index contributed by atoms with van der Waals surface area (Å²) in [4.78, 5) is 0. The molecule has 36 heavy (non-hydrogen) atoms. The van der Waals surface area contributed by atoms with Gasteiger partial charge >= 0.3 is 0 Å². The average molecular weight is 483 g/mol. The molecule has 186 valence electrons. The molecular weight excluding hydrogens is 448 g/mol. The van der Waals surface area contributed by atoms with E-state index in [1.165, 1.54) is 11.1 Å². The van der Waals surface area contributed by atoms with Crippen LogP contribution in [0.2, 0.25) is 0 Å². The van der Waals surface area contributed by atoms with Crippen LogP contribution in [0.15, 0.2) is 97.1 Å². The molecule has 0 atom stereocenters. The summed E-state index contributed by atoms with van der Waals surface area (Å²) in [7, 11) is 1.71. The monoisotopic (exact) mass is 482 g/mol. The van der Waals surface area contributed by atoms with E-state index in [9.17, 15) is 0 Å². The predicted molar refractivity (Wildman–Crippen MR) is 144 cm³/mol. The molecule has 0 spiro atoms. The van der Waals surface area contributed by atoms with Crippen LogP contribution < -0.4 is 18.9 Å². The van der Waals surface area contributed by atoms with E-state index in [0.29, 0.717) is 19.8 Å². The minimum atomic E-state index is 0.517. The number of ether oxygens (including phenoxy) is 4. The first-order chi connectivity index (χ1) is 17.7. The fourth-order valence-electron chi connectivity index (χ4n) is 4.10. The first kappa shape index (κ1) is 25.2. The van der Waals surface area contributed by atoms with Gasteiger partial charge in [0.25, 0.3) is 0 Å². The van der Waals surface area contributed by atoms with Crippen LogP contribution in [0.25, 0.3) is 0 Å². The van der Waals surface area contributed by atoms with Gasteiger partial charge in [0.05, 0.1) is 13.7 Å². The van der Waals surface area contributed by atoms with Gasteiger partial charge in [0.2, 0.25) is 0 Å². The molecule has 4 rings (SSSR count). The highest BCUT2D eigenvalue weighted by atomic mass is 16.5. The molecule has 0 unspecified atom stereocenters. The molecule has 0 aliphatic carbocycles.